The number of benzene rings is 1. The molecule has 0 aliphatic carbocycles. The van der Waals surface area contributed by atoms with Gasteiger partial charge in [-0.15, -0.1) is 11.3 Å². The summed E-state index contributed by atoms with van der Waals surface area (Å²) in [5.41, 5.74) is 1.82. The monoisotopic (exact) mass is 343 g/mol. The molecule has 7 heteroatoms. The van der Waals surface area contributed by atoms with Crippen LogP contribution in [0.4, 0.5) is 0 Å². The molecule has 4 rings (SSSR count). The summed E-state index contributed by atoms with van der Waals surface area (Å²) in [5, 5.41) is 14.0. The van der Waals surface area contributed by atoms with Crippen molar-refractivity contribution in [3.05, 3.63) is 46.8 Å². The highest BCUT2D eigenvalue weighted by molar-refractivity contribution is 7.18. The Labute approximate surface area is 142 Å². The highest BCUT2D eigenvalue weighted by atomic mass is 32.1. The smallest absolute Gasteiger partial charge is 0.374 e. The molecule has 0 bridgehead atoms. The Kier molecular flexibility index (Phi) is 4.03. The minimum absolute atomic E-state index is 0.0816. The van der Waals surface area contributed by atoms with E-state index in [1.54, 1.807) is 17.4 Å². The fourth-order valence-electron chi connectivity index (χ4n) is 3.15. The summed E-state index contributed by atoms with van der Waals surface area (Å²) in [7, 11) is 0. The highest BCUT2D eigenvalue weighted by Gasteiger charge is 2.25. The number of para-hydroxylation sites is 1. The van der Waals surface area contributed by atoms with Gasteiger partial charge in [0.15, 0.2) is 0 Å². The van der Waals surface area contributed by atoms with Crippen LogP contribution < -0.4 is 0 Å². The molecular formula is C17H17N3O3S. The molecule has 0 atom stereocenters. The molecule has 1 fully saturated rings. The maximum absolute atomic E-state index is 10.9. The average Bonchev–Trinajstić information content (AvgIpc) is 3.22. The second-order valence-corrected chi connectivity index (χ2v) is 7.16. The van der Waals surface area contributed by atoms with Crippen molar-refractivity contribution in [2.45, 2.75) is 25.3 Å². The standard InChI is InChI=1S/C17H17N3O3S/c21-17(22)14-9-13(19-23-14)11-5-7-20(8-6-11)10-16-18-12-3-1-2-4-15(12)24-16/h1-4,9,11H,5-8,10H2,(H,21,22). The highest BCUT2D eigenvalue weighted by Crippen LogP contribution is 2.29. The number of hydrogen-bond acceptors (Lipinski definition) is 6. The van der Waals surface area contributed by atoms with Gasteiger partial charge in [-0.25, -0.2) is 9.78 Å². The van der Waals surface area contributed by atoms with Crippen LogP contribution in [0.3, 0.4) is 0 Å². The Balaban J connectivity index is 1.37. The van der Waals surface area contributed by atoms with Crippen LogP contribution in [-0.2, 0) is 6.54 Å². The molecule has 1 aromatic carbocycles. The van der Waals surface area contributed by atoms with Crippen LogP contribution in [0.2, 0.25) is 0 Å². The van der Waals surface area contributed by atoms with Crippen molar-refractivity contribution in [1.29, 1.82) is 0 Å². The molecule has 0 amide bonds. The molecule has 2 aromatic heterocycles. The number of fused-ring (bicyclic) bond motifs is 1. The SMILES string of the molecule is O=C(O)c1cc(C2CCN(Cc3nc4ccccc4s3)CC2)no1. The number of piperidine rings is 1. The lowest BCUT2D eigenvalue weighted by molar-refractivity contribution is 0.0652. The topological polar surface area (TPSA) is 79.5 Å². The van der Waals surface area contributed by atoms with Crippen LogP contribution in [0.15, 0.2) is 34.9 Å². The maximum Gasteiger partial charge on any atom is 0.374 e. The third-order valence-electron chi connectivity index (χ3n) is 4.44. The van der Waals surface area contributed by atoms with Crippen LogP contribution in [-0.4, -0.2) is 39.2 Å². The summed E-state index contributed by atoms with van der Waals surface area (Å²) in [6, 6.07) is 9.76. The zero-order chi connectivity index (χ0) is 16.5. The minimum Gasteiger partial charge on any atom is -0.475 e. The second kappa shape index (κ2) is 6.33. The van der Waals surface area contributed by atoms with E-state index >= 15 is 0 Å². The van der Waals surface area contributed by atoms with E-state index in [9.17, 15) is 4.79 Å². The predicted molar refractivity (Wildman–Crippen MR) is 90.3 cm³/mol. The van der Waals surface area contributed by atoms with Crippen molar-refractivity contribution in [2.75, 3.05) is 13.1 Å². The first-order chi connectivity index (χ1) is 11.7. The van der Waals surface area contributed by atoms with Gasteiger partial charge in [0, 0.05) is 12.0 Å². The number of carboxylic acids is 1. The number of aromatic nitrogens is 2. The number of carboxylic acid groups (broad SMARTS) is 1. The Morgan fingerprint density at radius 3 is 2.83 bits per heavy atom. The van der Waals surface area contributed by atoms with Crippen molar-refractivity contribution >= 4 is 27.5 Å². The van der Waals surface area contributed by atoms with Crippen LogP contribution in [0.25, 0.3) is 10.2 Å². The molecule has 1 aliphatic rings. The summed E-state index contributed by atoms with van der Waals surface area (Å²) in [6.45, 7) is 2.77. The summed E-state index contributed by atoms with van der Waals surface area (Å²) < 4.78 is 6.09. The normalized spacial score (nSPS) is 16.7. The van der Waals surface area contributed by atoms with Crippen molar-refractivity contribution in [3.8, 4) is 0 Å². The van der Waals surface area contributed by atoms with Crippen LogP contribution in [0.5, 0.6) is 0 Å². The summed E-state index contributed by atoms with van der Waals surface area (Å²) in [4.78, 5) is 18.0. The Hall–Kier alpha value is -2.25. The van der Waals surface area contributed by atoms with Gasteiger partial charge in [0.05, 0.1) is 22.5 Å². The molecule has 0 unspecified atom stereocenters. The van der Waals surface area contributed by atoms with E-state index in [0.29, 0.717) is 0 Å². The van der Waals surface area contributed by atoms with Crippen molar-refractivity contribution in [1.82, 2.24) is 15.0 Å². The average molecular weight is 343 g/mol. The van der Waals surface area contributed by atoms with E-state index < -0.39 is 5.97 Å². The van der Waals surface area contributed by atoms with Crippen molar-refractivity contribution in [3.63, 3.8) is 0 Å². The molecule has 0 radical (unpaired) electrons. The molecular weight excluding hydrogens is 326 g/mol. The number of carbonyl (C=O) groups is 1. The van der Waals surface area contributed by atoms with Gasteiger partial charge < -0.3 is 9.63 Å². The molecule has 0 saturated carbocycles. The molecule has 1 saturated heterocycles. The van der Waals surface area contributed by atoms with Crippen LogP contribution >= 0.6 is 11.3 Å². The fourth-order valence-corrected chi connectivity index (χ4v) is 4.16. The first-order valence-corrected chi connectivity index (χ1v) is 8.77. The zero-order valence-electron chi connectivity index (χ0n) is 13.0. The lowest BCUT2D eigenvalue weighted by Gasteiger charge is -2.30. The summed E-state index contributed by atoms with van der Waals surface area (Å²) in [5.74, 6) is -0.877. The quantitative estimate of drug-likeness (QED) is 0.782. The van der Waals surface area contributed by atoms with Crippen LogP contribution in [0.1, 0.15) is 40.0 Å². The number of thiazole rings is 1. The van der Waals surface area contributed by atoms with Crippen LogP contribution in [0, 0.1) is 0 Å². The van der Waals surface area contributed by atoms with Gasteiger partial charge in [0.25, 0.3) is 0 Å². The van der Waals surface area contributed by atoms with Gasteiger partial charge in [-0.2, -0.15) is 0 Å². The maximum atomic E-state index is 10.9. The lowest BCUT2D eigenvalue weighted by atomic mass is 9.93. The van der Waals surface area contributed by atoms with E-state index in [4.69, 9.17) is 14.6 Å². The van der Waals surface area contributed by atoms with Gasteiger partial charge in [-0.1, -0.05) is 17.3 Å². The van der Waals surface area contributed by atoms with E-state index in [1.807, 2.05) is 18.2 Å². The minimum atomic E-state index is -1.07. The fraction of sp³-hybridized carbons (Fsp3) is 0.353. The molecule has 3 aromatic rings. The number of likely N-dealkylation sites (tertiary alicyclic amines) is 1. The first kappa shape index (κ1) is 15.3. The number of nitrogens with zero attached hydrogens (tertiary/aromatic N) is 3. The lowest BCUT2D eigenvalue weighted by Crippen LogP contribution is -2.32. The Morgan fingerprint density at radius 2 is 2.12 bits per heavy atom. The number of aromatic carboxylic acids is 1. The van der Waals surface area contributed by atoms with Gasteiger partial charge in [-0.05, 0) is 38.1 Å². The van der Waals surface area contributed by atoms with E-state index in [-0.39, 0.29) is 11.7 Å². The van der Waals surface area contributed by atoms with Gasteiger partial charge in [-0.3, -0.25) is 4.90 Å². The second-order valence-electron chi connectivity index (χ2n) is 6.05. The largest absolute Gasteiger partial charge is 0.475 e. The van der Waals surface area contributed by atoms with Crippen molar-refractivity contribution < 1.29 is 14.4 Å². The Morgan fingerprint density at radius 1 is 1.33 bits per heavy atom. The molecule has 124 valence electrons. The molecule has 3 heterocycles. The Bertz CT molecular complexity index is 832. The molecule has 6 nitrogen and oxygen atoms in total. The molecule has 24 heavy (non-hydrogen) atoms. The summed E-state index contributed by atoms with van der Waals surface area (Å²) in [6.07, 6.45) is 1.91. The molecule has 1 aliphatic heterocycles. The first-order valence-electron chi connectivity index (χ1n) is 7.96. The van der Waals surface area contributed by atoms with Gasteiger partial charge in [0.2, 0.25) is 5.76 Å². The molecule has 1 N–H and O–H groups in total. The summed E-state index contributed by atoms with van der Waals surface area (Å²) >= 11 is 1.75. The predicted octanol–water partition coefficient (Wildman–Crippen LogP) is 3.36. The van der Waals surface area contributed by atoms with Gasteiger partial charge >= 0.3 is 5.97 Å². The third kappa shape index (κ3) is 3.05. The van der Waals surface area contributed by atoms with Crippen molar-refractivity contribution in [2.24, 2.45) is 0 Å². The van der Waals surface area contributed by atoms with Gasteiger partial charge in [0.1, 0.15) is 5.01 Å². The number of rotatable bonds is 4. The van der Waals surface area contributed by atoms with E-state index in [0.717, 1.165) is 48.7 Å². The van der Waals surface area contributed by atoms with E-state index in [2.05, 4.69) is 16.1 Å². The molecule has 0 spiro atoms. The zero-order valence-corrected chi connectivity index (χ0v) is 13.8. The van der Waals surface area contributed by atoms with E-state index in [1.165, 1.54) is 4.70 Å². The third-order valence-corrected chi connectivity index (χ3v) is 5.46. The number of hydrogen-bond donors (Lipinski definition) is 1.